The van der Waals surface area contributed by atoms with E-state index >= 15 is 0 Å². The van der Waals surface area contributed by atoms with Gasteiger partial charge in [-0.1, -0.05) is 11.6 Å². The van der Waals surface area contributed by atoms with Crippen molar-refractivity contribution in [1.29, 1.82) is 5.41 Å². The lowest BCUT2D eigenvalue weighted by atomic mass is 9.94. The van der Waals surface area contributed by atoms with Crippen molar-refractivity contribution in [3.05, 3.63) is 23.4 Å². The number of carbonyl (C=O) groups excluding carboxylic acids is 2. The van der Waals surface area contributed by atoms with Crippen LogP contribution in [-0.4, -0.2) is 41.7 Å². The highest BCUT2D eigenvalue weighted by Crippen LogP contribution is 2.22. The highest BCUT2D eigenvalue weighted by Gasteiger charge is 2.21. The van der Waals surface area contributed by atoms with E-state index in [0.717, 1.165) is 11.8 Å². The van der Waals surface area contributed by atoms with E-state index in [4.69, 9.17) is 17.0 Å². The minimum absolute atomic E-state index is 0.0171. The molecule has 0 radical (unpaired) electrons. The van der Waals surface area contributed by atoms with E-state index in [1.165, 1.54) is 0 Å². The lowest BCUT2D eigenvalue weighted by Crippen LogP contribution is -2.46. The molecular formula is C15H22ClN3O3. The number of amides is 2. The van der Waals surface area contributed by atoms with Crippen LogP contribution in [0.4, 0.5) is 0 Å². The van der Waals surface area contributed by atoms with E-state index in [-0.39, 0.29) is 24.3 Å². The van der Waals surface area contributed by atoms with Crippen LogP contribution in [0.5, 0.6) is 0 Å². The molecule has 2 unspecified atom stereocenters. The molecular weight excluding hydrogens is 306 g/mol. The normalized spacial score (nSPS) is 20.3. The van der Waals surface area contributed by atoms with Gasteiger partial charge in [-0.15, -0.1) is 11.6 Å². The number of nitrogens with one attached hydrogen (secondary N) is 3. The number of aliphatic hydroxyl groups is 1. The molecule has 1 rings (SSSR count). The lowest BCUT2D eigenvalue weighted by molar-refractivity contribution is -0.128. The van der Waals surface area contributed by atoms with Crippen LogP contribution in [0.1, 0.15) is 20.3 Å². The molecule has 0 spiro atoms. The van der Waals surface area contributed by atoms with Gasteiger partial charge in [0.05, 0.1) is 5.92 Å². The number of aliphatic hydroxyl groups excluding tert-OH is 1. The fourth-order valence-corrected chi connectivity index (χ4v) is 2.19. The molecule has 4 N–H and O–H groups in total. The fraction of sp³-hybridized carbons (Fsp3) is 0.533. The summed E-state index contributed by atoms with van der Waals surface area (Å²) < 4.78 is 0. The minimum Gasteiger partial charge on any atom is -0.396 e. The van der Waals surface area contributed by atoms with Crippen LogP contribution >= 0.6 is 11.6 Å². The quantitative estimate of drug-likeness (QED) is 0.413. The molecule has 0 aliphatic heterocycles. The predicted octanol–water partition coefficient (Wildman–Crippen LogP) is 0.954. The molecule has 0 saturated heterocycles. The predicted molar refractivity (Wildman–Crippen MR) is 85.8 cm³/mol. The van der Waals surface area contributed by atoms with Gasteiger partial charge in [0.25, 0.3) is 0 Å². The van der Waals surface area contributed by atoms with Crippen LogP contribution in [0.15, 0.2) is 23.4 Å². The summed E-state index contributed by atoms with van der Waals surface area (Å²) in [6, 6.07) is -0.724. The van der Waals surface area contributed by atoms with Crippen molar-refractivity contribution in [2.24, 2.45) is 11.8 Å². The van der Waals surface area contributed by atoms with Crippen molar-refractivity contribution in [2.75, 3.05) is 12.5 Å². The highest BCUT2D eigenvalue weighted by atomic mass is 35.5. The molecule has 6 nitrogen and oxygen atoms in total. The molecule has 3 atom stereocenters. The van der Waals surface area contributed by atoms with Gasteiger partial charge in [-0.25, -0.2) is 0 Å². The molecule has 22 heavy (non-hydrogen) atoms. The monoisotopic (exact) mass is 327 g/mol. The van der Waals surface area contributed by atoms with Crippen molar-refractivity contribution >= 4 is 29.6 Å². The van der Waals surface area contributed by atoms with Gasteiger partial charge in [0.2, 0.25) is 11.8 Å². The molecule has 0 aromatic heterocycles. The molecule has 1 aliphatic carbocycles. The molecule has 0 aromatic rings. The third kappa shape index (κ3) is 5.27. The summed E-state index contributed by atoms with van der Waals surface area (Å²) in [5, 5.41) is 21.6. The number of alkyl halides is 1. The van der Waals surface area contributed by atoms with Gasteiger partial charge in [0.15, 0.2) is 0 Å². The van der Waals surface area contributed by atoms with Crippen LogP contribution < -0.4 is 10.6 Å². The van der Waals surface area contributed by atoms with Crippen LogP contribution in [0.3, 0.4) is 0 Å². The minimum atomic E-state index is -0.724. The molecule has 122 valence electrons. The summed E-state index contributed by atoms with van der Waals surface area (Å²) in [4.78, 5) is 23.8. The van der Waals surface area contributed by atoms with Gasteiger partial charge in [0.1, 0.15) is 6.04 Å². The van der Waals surface area contributed by atoms with E-state index in [9.17, 15) is 14.7 Å². The number of rotatable bonds is 7. The van der Waals surface area contributed by atoms with E-state index in [0.29, 0.717) is 18.0 Å². The molecule has 7 heteroatoms. The molecule has 0 fully saturated rings. The Morgan fingerprint density at radius 3 is 2.73 bits per heavy atom. The maximum absolute atomic E-state index is 12.1. The highest BCUT2D eigenvalue weighted by molar-refractivity contribution is 6.19. The Bertz CT molecular complexity index is 502. The maximum atomic E-state index is 12.1. The van der Waals surface area contributed by atoms with Crippen molar-refractivity contribution in [2.45, 2.75) is 26.3 Å². The number of halogens is 1. The first-order chi connectivity index (χ1) is 10.4. The lowest BCUT2D eigenvalue weighted by Gasteiger charge is -2.21. The van der Waals surface area contributed by atoms with Crippen molar-refractivity contribution in [3.8, 4) is 0 Å². The van der Waals surface area contributed by atoms with Crippen LogP contribution in [0, 0.1) is 17.2 Å². The van der Waals surface area contributed by atoms with Crippen molar-refractivity contribution < 1.29 is 14.7 Å². The Labute approximate surface area is 135 Å². The second-order valence-electron chi connectivity index (χ2n) is 5.38. The van der Waals surface area contributed by atoms with Crippen LogP contribution in [-0.2, 0) is 9.59 Å². The summed E-state index contributed by atoms with van der Waals surface area (Å²) in [5.41, 5.74) is 1.51. The molecule has 0 bridgehead atoms. The Morgan fingerprint density at radius 1 is 1.50 bits per heavy atom. The fourth-order valence-electron chi connectivity index (χ4n) is 2.00. The SMILES string of the molecule is CC(NC(=O)[C@H](C)C=N)C(=O)NC1=CC(CO)CC(CCl)=C1. The van der Waals surface area contributed by atoms with E-state index in [1.54, 1.807) is 26.0 Å². The first-order valence-corrected chi connectivity index (χ1v) is 7.64. The van der Waals surface area contributed by atoms with Crippen LogP contribution in [0.2, 0.25) is 0 Å². The third-order valence-corrected chi connectivity index (χ3v) is 3.73. The Hall–Kier alpha value is -1.66. The maximum Gasteiger partial charge on any atom is 0.246 e. The Balaban J connectivity index is 2.66. The first-order valence-electron chi connectivity index (χ1n) is 7.11. The second-order valence-corrected chi connectivity index (χ2v) is 5.65. The number of hydrogen-bond acceptors (Lipinski definition) is 4. The van der Waals surface area contributed by atoms with Crippen LogP contribution in [0.25, 0.3) is 0 Å². The van der Waals surface area contributed by atoms with Crippen molar-refractivity contribution in [1.82, 2.24) is 10.6 Å². The van der Waals surface area contributed by atoms with Gasteiger partial charge in [-0.2, -0.15) is 0 Å². The number of allylic oxidation sites excluding steroid dienone is 2. The van der Waals surface area contributed by atoms with E-state index < -0.39 is 12.0 Å². The van der Waals surface area contributed by atoms with E-state index in [2.05, 4.69) is 10.6 Å². The Kier molecular flexibility index (Phi) is 7.27. The zero-order chi connectivity index (χ0) is 16.7. The molecule has 1 aliphatic rings. The van der Waals surface area contributed by atoms with Gasteiger partial charge >= 0.3 is 0 Å². The second kappa shape index (κ2) is 8.70. The number of hydrogen-bond donors (Lipinski definition) is 4. The molecule has 0 aromatic carbocycles. The Morgan fingerprint density at radius 2 is 2.18 bits per heavy atom. The van der Waals surface area contributed by atoms with Gasteiger partial charge < -0.3 is 21.1 Å². The average molecular weight is 328 g/mol. The molecule has 0 heterocycles. The smallest absolute Gasteiger partial charge is 0.246 e. The topological polar surface area (TPSA) is 102 Å². The summed E-state index contributed by atoms with van der Waals surface area (Å²) in [6.07, 6.45) is 5.25. The third-order valence-electron chi connectivity index (χ3n) is 3.39. The van der Waals surface area contributed by atoms with Gasteiger partial charge in [-0.05, 0) is 26.3 Å². The zero-order valence-corrected chi connectivity index (χ0v) is 13.5. The molecule has 2 amide bonds. The largest absolute Gasteiger partial charge is 0.396 e. The standard InChI is InChI=1S/C15H22ClN3O3/c1-9(7-17)14(21)18-10(2)15(22)19-13-4-11(6-16)3-12(5-13)8-20/h4-5,7,9-10,12,17,20H,3,6,8H2,1-2H3,(H,18,21)(H,19,22)/t9-,10?,12?/m1/s1. The van der Waals surface area contributed by atoms with E-state index in [1.807, 2.05) is 0 Å². The zero-order valence-electron chi connectivity index (χ0n) is 12.7. The van der Waals surface area contributed by atoms with Crippen molar-refractivity contribution in [3.63, 3.8) is 0 Å². The summed E-state index contributed by atoms with van der Waals surface area (Å²) in [6.45, 7) is 3.14. The summed E-state index contributed by atoms with van der Waals surface area (Å²) in [5.74, 6) is -1.05. The summed E-state index contributed by atoms with van der Waals surface area (Å²) in [7, 11) is 0. The van der Waals surface area contributed by atoms with Gasteiger partial charge in [-0.3, -0.25) is 9.59 Å². The molecule has 0 saturated carbocycles. The summed E-state index contributed by atoms with van der Waals surface area (Å²) >= 11 is 5.82. The number of carbonyl (C=O) groups is 2. The van der Waals surface area contributed by atoms with Gasteiger partial charge in [0, 0.05) is 30.3 Å². The average Bonchev–Trinajstić information content (AvgIpc) is 2.53. The first kappa shape index (κ1) is 18.4.